The summed E-state index contributed by atoms with van der Waals surface area (Å²) in [7, 11) is 1.00. The van der Waals surface area contributed by atoms with Crippen LogP contribution < -0.4 is 43.1 Å². The van der Waals surface area contributed by atoms with E-state index < -0.39 is 0 Å². The second-order valence-corrected chi connectivity index (χ2v) is 8.23. The van der Waals surface area contributed by atoms with Crippen molar-refractivity contribution in [1.29, 1.82) is 0 Å². The molecular weight excluding hydrogens is 546 g/mol. The summed E-state index contributed by atoms with van der Waals surface area (Å²) >= 11 is 0. The number of nitrogens with zero attached hydrogens (tertiary/aromatic N) is 5. The van der Waals surface area contributed by atoms with Gasteiger partial charge in [-0.2, -0.15) is 0 Å². The fraction of sp³-hybridized carbons (Fsp3) is 0.320. The number of rotatable bonds is 0. The topological polar surface area (TPSA) is 50.7 Å². The van der Waals surface area contributed by atoms with Crippen molar-refractivity contribution in [3.63, 3.8) is 0 Å². The average molecular weight is 577 g/mol. The van der Waals surface area contributed by atoms with Crippen LogP contribution in [0.15, 0.2) is 61.7 Å². The summed E-state index contributed by atoms with van der Waals surface area (Å²) in [5.74, 6) is 0. The minimum atomic E-state index is 0. The summed E-state index contributed by atoms with van der Waals surface area (Å²) in [5.41, 5.74) is 9.14. The van der Waals surface area contributed by atoms with Crippen molar-refractivity contribution < 1.29 is 48.2 Å². The monoisotopic (exact) mass is 575 g/mol. The lowest BCUT2D eigenvalue weighted by Crippen LogP contribution is -3.00. The summed E-state index contributed by atoms with van der Waals surface area (Å²) in [6, 6.07) is 8.65. The van der Waals surface area contributed by atoms with Gasteiger partial charge in [0.2, 0.25) is 12.7 Å². The summed E-state index contributed by atoms with van der Waals surface area (Å²) in [5, 5.41) is 7.00. The van der Waals surface area contributed by atoms with Crippen LogP contribution in [0.3, 0.4) is 0 Å². The number of hydrogen-bond donors (Lipinski definition) is 1. The van der Waals surface area contributed by atoms with E-state index in [0.717, 1.165) is 44.7 Å². The van der Waals surface area contributed by atoms with Crippen molar-refractivity contribution in [2.75, 3.05) is 7.11 Å². The largest absolute Gasteiger partial charge is 1.00 e. The molecule has 0 spiro atoms. The molecule has 33 heavy (non-hydrogen) atoms. The van der Waals surface area contributed by atoms with Gasteiger partial charge in [0.05, 0.1) is 11.4 Å². The first kappa shape index (κ1) is 27.0. The molecule has 0 saturated heterocycles. The molecule has 1 aromatic carbocycles. The zero-order chi connectivity index (χ0) is 22.0. The molecule has 0 unspecified atom stereocenters. The molecule has 4 heterocycles. The van der Waals surface area contributed by atoms with E-state index >= 15 is 0 Å². The molecule has 5 rings (SSSR count). The van der Waals surface area contributed by atoms with E-state index in [0.29, 0.717) is 0 Å². The molecule has 1 aliphatic rings. The highest BCUT2D eigenvalue weighted by Gasteiger charge is 2.17. The van der Waals surface area contributed by atoms with E-state index in [9.17, 15) is 0 Å². The molecule has 6 nitrogen and oxygen atoms in total. The Morgan fingerprint density at radius 2 is 1.24 bits per heavy atom. The lowest BCUT2D eigenvalue weighted by Gasteiger charge is -2.15. The molecule has 1 N–H and O–H groups in total. The van der Waals surface area contributed by atoms with Crippen LogP contribution in [0.25, 0.3) is 0 Å². The maximum atomic E-state index is 7.00. The van der Waals surface area contributed by atoms with Crippen molar-refractivity contribution in [3.8, 4) is 0 Å². The molecule has 8 bridgehead atoms. The third kappa shape index (κ3) is 5.99. The minimum absolute atomic E-state index is 0. The van der Waals surface area contributed by atoms with Crippen LogP contribution in [0, 0.1) is 20.8 Å². The van der Waals surface area contributed by atoms with Crippen LogP contribution in [0.1, 0.15) is 39.2 Å². The van der Waals surface area contributed by atoms with Gasteiger partial charge in [-0.3, -0.25) is 0 Å². The molecule has 0 fully saturated rings. The molecule has 0 radical (unpaired) electrons. The number of aryl methyl sites for hydroxylation is 2. The average Bonchev–Trinajstić information content (AvgIpc) is 3.39. The van der Waals surface area contributed by atoms with Crippen LogP contribution >= 0.6 is 0 Å². The van der Waals surface area contributed by atoms with E-state index in [1.807, 2.05) is 0 Å². The van der Waals surface area contributed by atoms with E-state index in [1.54, 1.807) is 0 Å². The Balaban J connectivity index is 0.000000939. The third-order valence-corrected chi connectivity index (χ3v) is 6.02. The van der Waals surface area contributed by atoms with E-state index in [2.05, 4.69) is 101 Å². The zero-order valence-electron chi connectivity index (χ0n) is 19.5. The quantitative estimate of drug-likeness (QED) is 0.193. The fourth-order valence-corrected chi connectivity index (χ4v) is 4.46. The van der Waals surface area contributed by atoms with Gasteiger partial charge in [-0.25, -0.2) is 23.3 Å². The summed E-state index contributed by atoms with van der Waals surface area (Å²) in [4.78, 5) is 4.87. The summed E-state index contributed by atoms with van der Waals surface area (Å²) in [6.45, 7) is 10.1. The van der Waals surface area contributed by atoms with E-state index in [-0.39, 0.29) is 34.0 Å². The Labute approximate surface area is 216 Å². The van der Waals surface area contributed by atoms with Gasteiger partial charge in [-0.05, 0) is 60.7 Å². The van der Waals surface area contributed by atoms with Crippen molar-refractivity contribution in [1.82, 2.24) is 14.1 Å². The van der Waals surface area contributed by atoms with E-state index in [4.69, 9.17) is 10.1 Å². The number of imidazole rings is 2. The lowest BCUT2D eigenvalue weighted by molar-refractivity contribution is -0.689. The Bertz CT molecular complexity index is 1130. The van der Waals surface area contributed by atoms with Crippen LogP contribution in [-0.4, -0.2) is 26.3 Å². The molecular formula is C25H31Br2N5O. The number of fused-ring (bicyclic) bond motifs is 8. The predicted octanol–water partition coefficient (Wildman–Crippen LogP) is -3.69. The van der Waals surface area contributed by atoms with Crippen LogP contribution in [-0.2, 0) is 26.2 Å². The number of aliphatic hydroxyl groups excluding tert-OH is 1. The molecule has 8 heteroatoms. The first-order valence-corrected chi connectivity index (χ1v) is 10.6. The molecule has 3 aromatic heterocycles. The van der Waals surface area contributed by atoms with Crippen LogP contribution in [0.4, 0.5) is 0 Å². The minimum Gasteiger partial charge on any atom is -1.00 e. The summed E-state index contributed by atoms with van der Waals surface area (Å²) in [6.07, 6.45) is 13.0. The molecule has 0 amide bonds. The predicted molar refractivity (Wildman–Crippen MR) is 119 cm³/mol. The Morgan fingerprint density at radius 1 is 0.788 bits per heavy atom. The highest BCUT2D eigenvalue weighted by Crippen LogP contribution is 2.22. The number of pyridine rings is 1. The van der Waals surface area contributed by atoms with Gasteiger partial charge >= 0.3 is 0 Å². The van der Waals surface area contributed by atoms with Gasteiger partial charge in [0.25, 0.3) is 0 Å². The van der Waals surface area contributed by atoms with Crippen molar-refractivity contribution in [2.24, 2.45) is 0 Å². The second-order valence-electron chi connectivity index (χ2n) is 8.23. The van der Waals surface area contributed by atoms with Gasteiger partial charge < -0.3 is 39.1 Å². The number of halogens is 2. The first-order chi connectivity index (χ1) is 15.0. The van der Waals surface area contributed by atoms with Gasteiger partial charge in [0, 0.05) is 7.11 Å². The van der Waals surface area contributed by atoms with Gasteiger partial charge in [0.15, 0.2) is 0 Å². The highest BCUT2D eigenvalue weighted by molar-refractivity contribution is 5.44. The zero-order valence-corrected chi connectivity index (χ0v) is 22.7. The molecule has 1 aliphatic heterocycles. The summed E-state index contributed by atoms with van der Waals surface area (Å²) < 4.78 is 8.96. The smallest absolute Gasteiger partial charge is 0.244 e. The Kier molecular flexibility index (Phi) is 9.57. The molecule has 0 atom stereocenters. The molecule has 176 valence electrons. The van der Waals surface area contributed by atoms with Gasteiger partial charge in [0.1, 0.15) is 51.0 Å². The van der Waals surface area contributed by atoms with E-state index in [1.165, 1.54) is 27.8 Å². The normalized spacial score (nSPS) is 12.0. The molecule has 0 aliphatic carbocycles. The Morgan fingerprint density at radius 3 is 1.70 bits per heavy atom. The maximum Gasteiger partial charge on any atom is 0.244 e. The SMILES string of the molecule is CO.Cc1cc(C)c2c(C)c1C[n+]1ccn(c1)Cc1cccc(n1)Cn1cc[n+](c1)C2.[Br-].[Br-]. The lowest BCUT2D eigenvalue weighted by atomic mass is 9.93. The van der Waals surface area contributed by atoms with Crippen LogP contribution in [0.5, 0.6) is 0 Å². The van der Waals surface area contributed by atoms with Gasteiger partial charge in [-0.15, -0.1) is 0 Å². The fourth-order valence-electron chi connectivity index (χ4n) is 4.46. The number of aliphatic hydroxyl groups is 1. The number of hydrogen-bond acceptors (Lipinski definition) is 2. The van der Waals surface area contributed by atoms with Gasteiger partial charge in [-0.1, -0.05) is 12.1 Å². The van der Waals surface area contributed by atoms with Crippen molar-refractivity contribution in [2.45, 2.75) is 47.0 Å². The molecule has 0 saturated carbocycles. The van der Waals surface area contributed by atoms with Crippen LogP contribution in [0.2, 0.25) is 0 Å². The number of benzene rings is 1. The standard InChI is InChI=1S/C24H27N5.CH4O.2BrH/c1-18-11-19(2)24-15-29-10-8-27(17-29)13-22-6-4-5-21(25-22)12-26-7-9-28(16-26)14-23(18)20(24)3;1-2;;/h4-11,16-17H,12-15H2,1-3H3;2H,1H3;2*1H/q+2;;;/p-2. The van der Waals surface area contributed by atoms with Crippen molar-refractivity contribution in [3.05, 3.63) is 101 Å². The second kappa shape index (κ2) is 11.7. The first-order valence-electron chi connectivity index (χ1n) is 10.6. The van der Waals surface area contributed by atoms with Crippen molar-refractivity contribution >= 4 is 0 Å². The third-order valence-electron chi connectivity index (χ3n) is 6.02. The molecule has 4 aromatic rings. The highest BCUT2D eigenvalue weighted by atomic mass is 79.9. The maximum absolute atomic E-state index is 7.00. The number of aromatic nitrogens is 5. The Hall–Kier alpha value is -2.29.